The molecule has 0 spiro atoms. The van der Waals surface area contributed by atoms with E-state index < -0.39 is 10.9 Å². The maximum absolute atomic E-state index is 11.5. The molecule has 0 radical (unpaired) electrons. The molecule has 6 heteroatoms. The van der Waals surface area contributed by atoms with E-state index in [1.165, 1.54) is 13.0 Å². The Morgan fingerprint density at radius 1 is 1.59 bits per heavy atom. The summed E-state index contributed by atoms with van der Waals surface area (Å²) in [5.41, 5.74) is 0.129. The van der Waals surface area contributed by atoms with Crippen LogP contribution >= 0.6 is 0 Å². The monoisotopic (exact) mass is 234 g/mol. The van der Waals surface area contributed by atoms with Gasteiger partial charge in [0.25, 0.3) is 5.69 Å². The summed E-state index contributed by atoms with van der Waals surface area (Å²) in [6, 6.07) is 4.14. The van der Waals surface area contributed by atoms with Crippen molar-refractivity contribution in [2.75, 3.05) is 6.61 Å². The largest absolute Gasteiger partial charge is 0.462 e. The average Bonchev–Trinajstić information content (AvgIpc) is 2.28. The van der Waals surface area contributed by atoms with Crippen LogP contribution in [0.5, 0.6) is 0 Å². The quantitative estimate of drug-likeness (QED) is 0.452. The summed E-state index contributed by atoms with van der Waals surface area (Å²) in [7, 11) is 0. The summed E-state index contributed by atoms with van der Waals surface area (Å²) in [5.74, 6) is -0.651. The van der Waals surface area contributed by atoms with E-state index in [9.17, 15) is 14.9 Å². The number of hydrogen-bond donors (Lipinski definition) is 0. The summed E-state index contributed by atoms with van der Waals surface area (Å²) < 4.78 is 4.77. The Morgan fingerprint density at radius 2 is 2.24 bits per heavy atom. The Kier molecular flexibility index (Phi) is 3.78. The van der Waals surface area contributed by atoms with Crippen molar-refractivity contribution in [1.29, 1.82) is 5.26 Å². The number of rotatable bonds is 3. The van der Waals surface area contributed by atoms with Gasteiger partial charge in [-0.15, -0.1) is 0 Å². The second kappa shape index (κ2) is 5.07. The van der Waals surface area contributed by atoms with Crippen LogP contribution < -0.4 is 0 Å². The van der Waals surface area contributed by atoms with Crippen molar-refractivity contribution in [3.05, 3.63) is 38.9 Å². The highest BCUT2D eigenvalue weighted by atomic mass is 16.6. The van der Waals surface area contributed by atoms with Gasteiger partial charge in [0, 0.05) is 11.6 Å². The fourth-order valence-corrected chi connectivity index (χ4v) is 1.36. The Balaban J connectivity index is 3.34. The van der Waals surface area contributed by atoms with E-state index >= 15 is 0 Å². The molecule has 0 bridgehead atoms. The molecule has 0 heterocycles. The average molecular weight is 234 g/mol. The lowest BCUT2D eigenvalue weighted by Gasteiger charge is -2.05. The van der Waals surface area contributed by atoms with Crippen LogP contribution in [-0.4, -0.2) is 17.5 Å². The van der Waals surface area contributed by atoms with Gasteiger partial charge in [-0.3, -0.25) is 10.1 Å². The van der Waals surface area contributed by atoms with Crippen LogP contribution in [0.1, 0.15) is 28.4 Å². The van der Waals surface area contributed by atoms with Gasteiger partial charge in [0.1, 0.15) is 6.07 Å². The van der Waals surface area contributed by atoms with Crippen molar-refractivity contribution in [2.24, 2.45) is 0 Å². The molecule has 0 saturated heterocycles. The van der Waals surface area contributed by atoms with E-state index in [0.29, 0.717) is 5.56 Å². The lowest BCUT2D eigenvalue weighted by atomic mass is 10.0. The van der Waals surface area contributed by atoms with Gasteiger partial charge in [0.05, 0.1) is 22.7 Å². The zero-order valence-electron chi connectivity index (χ0n) is 9.39. The SMILES string of the molecule is CCOC(=O)c1cc(C)c([N+](=O)[O-])cc1C#N. The summed E-state index contributed by atoms with van der Waals surface area (Å²) in [5, 5.41) is 19.5. The smallest absolute Gasteiger partial charge is 0.339 e. The summed E-state index contributed by atoms with van der Waals surface area (Å²) >= 11 is 0. The maximum Gasteiger partial charge on any atom is 0.339 e. The third-order valence-electron chi connectivity index (χ3n) is 2.15. The fraction of sp³-hybridized carbons (Fsp3) is 0.273. The van der Waals surface area contributed by atoms with E-state index in [4.69, 9.17) is 10.00 Å². The number of carbonyl (C=O) groups excluding carboxylic acids is 1. The lowest BCUT2D eigenvalue weighted by Crippen LogP contribution is -2.08. The molecule has 1 aromatic rings. The number of hydrogen-bond acceptors (Lipinski definition) is 5. The van der Waals surface area contributed by atoms with Crippen LogP contribution in [0.15, 0.2) is 12.1 Å². The van der Waals surface area contributed by atoms with E-state index in [2.05, 4.69) is 0 Å². The van der Waals surface area contributed by atoms with Gasteiger partial charge >= 0.3 is 5.97 Å². The van der Waals surface area contributed by atoms with Crippen molar-refractivity contribution in [3.63, 3.8) is 0 Å². The highest BCUT2D eigenvalue weighted by Gasteiger charge is 2.19. The van der Waals surface area contributed by atoms with Crippen LogP contribution in [0.3, 0.4) is 0 Å². The van der Waals surface area contributed by atoms with Crippen LogP contribution in [-0.2, 0) is 4.74 Å². The van der Waals surface area contributed by atoms with Crippen LogP contribution in [0.25, 0.3) is 0 Å². The Morgan fingerprint density at radius 3 is 2.71 bits per heavy atom. The first-order valence-corrected chi connectivity index (χ1v) is 4.87. The molecule has 1 aromatic carbocycles. The minimum Gasteiger partial charge on any atom is -0.462 e. The van der Waals surface area contributed by atoms with Crippen molar-refractivity contribution >= 4 is 11.7 Å². The standard InChI is InChI=1S/C11H10N2O4/c1-3-17-11(14)9-4-7(2)10(13(15)16)5-8(9)6-12/h4-5H,3H2,1-2H3. The minimum absolute atomic E-state index is 0.0532. The number of esters is 1. The third kappa shape index (κ3) is 2.58. The first-order chi connectivity index (χ1) is 8.01. The Bertz CT molecular complexity index is 517. The molecule has 0 unspecified atom stereocenters. The molecule has 0 aliphatic heterocycles. The number of carbonyl (C=O) groups is 1. The summed E-state index contributed by atoms with van der Waals surface area (Å²) in [6.45, 7) is 3.32. The molecular formula is C11H10N2O4. The van der Waals surface area contributed by atoms with Gasteiger partial charge in [-0.05, 0) is 19.9 Å². The number of ether oxygens (including phenoxy) is 1. The van der Waals surface area contributed by atoms with Crippen molar-refractivity contribution in [1.82, 2.24) is 0 Å². The molecule has 17 heavy (non-hydrogen) atoms. The number of aryl methyl sites for hydroxylation is 1. The molecule has 0 atom stereocenters. The number of nitriles is 1. The fourth-order valence-electron chi connectivity index (χ4n) is 1.36. The molecular weight excluding hydrogens is 224 g/mol. The number of nitrogens with zero attached hydrogens (tertiary/aromatic N) is 2. The molecule has 88 valence electrons. The maximum atomic E-state index is 11.5. The first-order valence-electron chi connectivity index (χ1n) is 4.87. The minimum atomic E-state index is -0.651. The molecule has 0 saturated carbocycles. The lowest BCUT2D eigenvalue weighted by molar-refractivity contribution is -0.385. The van der Waals surface area contributed by atoms with Gasteiger partial charge < -0.3 is 4.74 Å². The van der Waals surface area contributed by atoms with Crippen molar-refractivity contribution < 1.29 is 14.5 Å². The Labute approximate surface area is 97.6 Å². The molecule has 0 N–H and O–H groups in total. The van der Waals surface area contributed by atoms with Crippen molar-refractivity contribution in [3.8, 4) is 6.07 Å². The number of benzene rings is 1. The topological polar surface area (TPSA) is 93.2 Å². The number of nitro benzene ring substituents is 1. The van der Waals surface area contributed by atoms with Gasteiger partial charge in [-0.2, -0.15) is 5.26 Å². The van der Waals surface area contributed by atoms with Crippen LogP contribution in [0, 0.1) is 28.4 Å². The second-order valence-corrected chi connectivity index (χ2v) is 3.27. The highest BCUT2D eigenvalue weighted by molar-refractivity contribution is 5.93. The van der Waals surface area contributed by atoms with Gasteiger partial charge in [-0.1, -0.05) is 0 Å². The first kappa shape index (κ1) is 12.6. The zero-order valence-corrected chi connectivity index (χ0v) is 9.39. The van der Waals surface area contributed by atoms with Gasteiger partial charge in [0.2, 0.25) is 0 Å². The molecule has 0 aliphatic carbocycles. The van der Waals surface area contributed by atoms with Gasteiger partial charge in [0.15, 0.2) is 0 Å². The predicted molar refractivity (Wildman–Crippen MR) is 58.5 cm³/mol. The van der Waals surface area contributed by atoms with E-state index in [0.717, 1.165) is 6.07 Å². The second-order valence-electron chi connectivity index (χ2n) is 3.27. The molecule has 0 amide bonds. The highest BCUT2D eigenvalue weighted by Crippen LogP contribution is 2.23. The third-order valence-corrected chi connectivity index (χ3v) is 2.15. The van der Waals surface area contributed by atoms with Crippen molar-refractivity contribution in [2.45, 2.75) is 13.8 Å². The normalized spacial score (nSPS) is 9.47. The van der Waals surface area contributed by atoms with Crippen LogP contribution in [0.4, 0.5) is 5.69 Å². The van der Waals surface area contributed by atoms with E-state index in [-0.39, 0.29) is 23.4 Å². The molecule has 0 aliphatic rings. The zero-order chi connectivity index (χ0) is 13.0. The molecule has 6 nitrogen and oxygen atoms in total. The summed E-state index contributed by atoms with van der Waals surface area (Å²) in [4.78, 5) is 21.6. The van der Waals surface area contributed by atoms with E-state index in [1.54, 1.807) is 13.0 Å². The van der Waals surface area contributed by atoms with E-state index in [1.807, 2.05) is 0 Å². The Hall–Kier alpha value is -2.42. The van der Waals surface area contributed by atoms with Gasteiger partial charge in [-0.25, -0.2) is 4.79 Å². The predicted octanol–water partition coefficient (Wildman–Crippen LogP) is 1.95. The molecule has 0 fully saturated rings. The van der Waals surface area contributed by atoms with Crippen LogP contribution in [0.2, 0.25) is 0 Å². The number of nitro groups is 1. The molecule has 1 rings (SSSR count). The molecule has 0 aromatic heterocycles. The summed E-state index contributed by atoms with van der Waals surface area (Å²) in [6.07, 6.45) is 0.